The quantitative estimate of drug-likeness (QED) is 0.211. The lowest BCUT2D eigenvalue weighted by atomic mass is 9.97. The molecule has 0 spiro atoms. The average Bonchev–Trinajstić information content (AvgIpc) is 4.22. The molecule has 6 heterocycles. The van der Waals surface area contributed by atoms with Gasteiger partial charge in [0, 0.05) is 49.9 Å². The second-order valence-electron chi connectivity index (χ2n) is 26.4. The van der Waals surface area contributed by atoms with Gasteiger partial charge >= 0.3 is 70.4 Å². The summed E-state index contributed by atoms with van der Waals surface area (Å²) in [4.78, 5) is 0. The minimum absolute atomic E-state index is 0.000968. The lowest BCUT2D eigenvalue weighted by Crippen LogP contribution is -2.91. The zero-order chi connectivity index (χ0) is 49.0. The number of rotatable bonds is 10. The van der Waals surface area contributed by atoms with Crippen LogP contribution in [0.2, 0.25) is 64.5 Å². The summed E-state index contributed by atoms with van der Waals surface area (Å²) in [5.74, 6) is 0. The van der Waals surface area contributed by atoms with Crippen LogP contribution in [0.4, 0.5) is 0 Å². The highest BCUT2D eigenvalue weighted by Gasteiger charge is 2.89. The van der Waals surface area contributed by atoms with Crippen molar-refractivity contribution in [1.82, 2.24) is 0 Å². The summed E-state index contributed by atoms with van der Waals surface area (Å²) in [7, 11) is -35.1. The summed E-state index contributed by atoms with van der Waals surface area (Å²) in [6.07, 6.45) is 29.0. The van der Waals surface area contributed by atoms with Gasteiger partial charge in [-0.05, 0) is 112 Å². The van der Waals surface area contributed by atoms with E-state index in [9.17, 15) is 0 Å². The Bertz CT molecular complexity index is 2200. The molecule has 6 saturated heterocycles. The van der Waals surface area contributed by atoms with Gasteiger partial charge in [0.05, 0.1) is 8.07 Å². The van der Waals surface area contributed by atoms with E-state index < -0.39 is 83.5 Å². The van der Waals surface area contributed by atoms with Crippen molar-refractivity contribution in [2.24, 2.45) is 0 Å². The summed E-state index contributed by atoms with van der Waals surface area (Å²) in [6, 6.07) is 19.0. The van der Waals surface area contributed by atoms with Crippen LogP contribution in [-0.2, 0) is 54.4 Å². The van der Waals surface area contributed by atoms with Crippen molar-refractivity contribution in [1.29, 1.82) is 0 Å². The van der Waals surface area contributed by atoms with E-state index in [-0.39, 0.29) is 38.8 Å². The van der Waals surface area contributed by atoms with E-state index in [0.717, 1.165) is 180 Å². The van der Waals surface area contributed by atoms with Crippen molar-refractivity contribution in [2.75, 3.05) is 0 Å². The maximum absolute atomic E-state index is 8.94. The van der Waals surface area contributed by atoms with Crippen LogP contribution in [0.5, 0.6) is 0 Å². The third kappa shape index (κ3) is 7.54. The predicted molar refractivity (Wildman–Crippen MR) is 295 cm³/mol. The molecule has 2 aromatic rings. The Hall–Kier alpha value is -0.0881. The van der Waals surface area contributed by atoms with Crippen LogP contribution in [0.1, 0.15) is 191 Å². The Morgan fingerprint density at radius 1 is 0.329 bits per heavy atom. The molecule has 0 amide bonds. The molecule has 398 valence electrons. The Morgan fingerprint density at radius 2 is 0.534 bits per heavy atom. The molecular weight excluding hydrogens is 1070 g/mol. The molecule has 6 aliphatic heterocycles. The van der Waals surface area contributed by atoms with Crippen molar-refractivity contribution >= 4 is 78.5 Å². The van der Waals surface area contributed by atoms with Gasteiger partial charge in [-0.1, -0.05) is 158 Å². The van der Waals surface area contributed by atoms with Crippen LogP contribution in [0, 0.1) is 0 Å². The molecular formula is C52H82O12Si9. The molecule has 12 nitrogen and oxygen atoms in total. The molecule has 73 heavy (non-hydrogen) atoms. The third-order valence-corrected chi connectivity index (χ3v) is 64.5. The van der Waals surface area contributed by atoms with E-state index in [1.807, 2.05) is 0 Å². The van der Waals surface area contributed by atoms with Crippen LogP contribution >= 0.6 is 0 Å². The van der Waals surface area contributed by atoms with Gasteiger partial charge in [-0.3, -0.25) is 0 Å². The average molecular weight is 1150 g/mol. The molecule has 7 saturated carbocycles. The maximum atomic E-state index is 8.94. The highest BCUT2D eigenvalue weighted by atomic mass is 28.6. The maximum Gasteiger partial charge on any atom is 0.482 e. The van der Waals surface area contributed by atoms with Crippen LogP contribution in [-0.4, -0.2) is 78.5 Å². The molecule has 21 heteroatoms. The molecule has 2 aromatic carbocycles. The first-order valence-electron chi connectivity index (χ1n) is 30.0. The highest BCUT2D eigenvalue weighted by Crippen LogP contribution is 2.68. The largest absolute Gasteiger partial charge is 0.482 e. The Labute approximate surface area is 445 Å². The fourth-order valence-corrected chi connectivity index (χ4v) is 78.7. The molecule has 14 aliphatic rings. The molecule has 0 atom stereocenters. The van der Waals surface area contributed by atoms with Crippen molar-refractivity contribution in [3.63, 3.8) is 0 Å². The standard InChI is InChI=1S/C52H82O12Si9/c1-65(2,3)52(50-38-20-18-36-48(50)49-37-19-21-39-51(49)52)40-66-53-67(41-22-4-5-23-41)56-70(44-28-10-11-29-44)58-68(54-66,42-24-6-7-25-42)60-72(46-32-14-15-33-46)61-69(55-66,43-26-8-9-27-43)59-71(57-67,45-30-12-13-31-45)63-73(62-70,64-72)47-34-16-17-35-47/h18-21,36-39,41-47H,4-17,22-35,40H2,1-3H3. The van der Waals surface area contributed by atoms with Gasteiger partial charge in [-0.2, -0.15) is 0 Å². The smallest absolute Gasteiger partial charge is 0.373 e. The summed E-state index contributed by atoms with van der Waals surface area (Å²) in [5.41, 5.74) is 5.49. The monoisotopic (exact) mass is 1150 g/mol. The minimum atomic E-state index is -4.34. The minimum Gasteiger partial charge on any atom is -0.373 e. The molecule has 8 aliphatic carbocycles. The first kappa shape index (κ1) is 49.9. The third-order valence-electron chi connectivity index (χ3n) is 21.3. The van der Waals surface area contributed by atoms with Gasteiger partial charge in [0.2, 0.25) is 0 Å². The van der Waals surface area contributed by atoms with Crippen LogP contribution in [0.25, 0.3) is 11.1 Å². The first-order valence-corrected chi connectivity index (χ1v) is 48.0. The van der Waals surface area contributed by atoms with E-state index >= 15 is 0 Å². The predicted octanol–water partition coefficient (Wildman–Crippen LogP) is 14.2. The van der Waals surface area contributed by atoms with E-state index in [1.54, 1.807) is 0 Å². The van der Waals surface area contributed by atoms with E-state index in [0.29, 0.717) is 6.04 Å². The summed E-state index contributed by atoms with van der Waals surface area (Å²) >= 11 is 0. The lowest BCUT2D eigenvalue weighted by Gasteiger charge is -2.67. The molecule has 0 N–H and O–H groups in total. The summed E-state index contributed by atoms with van der Waals surface area (Å²) in [6.45, 7) is 7.71. The van der Waals surface area contributed by atoms with Gasteiger partial charge in [-0.25, -0.2) is 0 Å². The fourth-order valence-electron chi connectivity index (χ4n) is 17.7. The number of benzene rings is 2. The van der Waals surface area contributed by atoms with Gasteiger partial charge in [0.15, 0.2) is 0 Å². The number of hydrogen-bond acceptors (Lipinski definition) is 12. The Kier molecular flexibility index (Phi) is 12.3. The molecule has 8 bridgehead atoms. The Morgan fingerprint density at radius 3 is 0.753 bits per heavy atom. The van der Waals surface area contributed by atoms with Crippen molar-refractivity contribution in [3.8, 4) is 11.1 Å². The van der Waals surface area contributed by atoms with Gasteiger partial charge < -0.3 is 49.4 Å². The molecule has 0 aromatic heterocycles. The van der Waals surface area contributed by atoms with Gasteiger partial charge in [0.25, 0.3) is 0 Å². The van der Waals surface area contributed by atoms with E-state index in [1.165, 1.54) is 22.3 Å². The topological polar surface area (TPSA) is 111 Å². The van der Waals surface area contributed by atoms with Crippen molar-refractivity contribution in [3.05, 3.63) is 59.7 Å². The Balaban J connectivity index is 1.07. The normalized spacial score (nSPS) is 43.5. The van der Waals surface area contributed by atoms with Crippen LogP contribution in [0.15, 0.2) is 48.5 Å². The lowest BCUT2D eigenvalue weighted by molar-refractivity contribution is -0.0461. The zero-order valence-corrected chi connectivity index (χ0v) is 53.1. The second kappa shape index (κ2) is 18.0. The molecule has 0 radical (unpaired) electrons. The van der Waals surface area contributed by atoms with Gasteiger partial charge in [-0.15, -0.1) is 0 Å². The SMILES string of the molecule is C[Si](C)(C)C1(C[Si]23O[Si]4(C5CCCC5)O[Si]5(C6CCCC6)O[Si](C6CCCC6)(O2)O[Si]2(C6CCCC6)O[Si](C6CCCC6)(O3)O[Si](C3CCCC3)(O4)O[Si](C3CCCC3)(O5)O2)c2ccccc2-c2ccccc21. The van der Waals surface area contributed by atoms with E-state index in [4.69, 9.17) is 49.4 Å². The van der Waals surface area contributed by atoms with Crippen molar-refractivity contribution in [2.45, 2.75) is 249 Å². The molecule has 0 unspecified atom stereocenters. The highest BCUT2D eigenvalue weighted by molar-refractivity contribution is 7.05. The molecule has 16 rings (SSSR count). The van der Waals surface area contributed by atoms with Crippen molar-refractivity contribution < 1.29 is 49.4 Å². The summed E-state index contributed by atoms with van der Waals surface area (Å²) in [5, 5.41) is -0.479. The van der Waals surface area contributed by atoms with Crippen LogP contribution < -0.4 is 0 Å². The second-order valence-corrected chi connectivity index (χ2v) is 57.5. The number of hydrogen-bond donors (Lipinski definition) is 0. The fraction of sp³-hybridized carbons (Fsp3) is 0.769. The van der Waals surface area contributed by atoms with Crippen LogP contribution in [0.3, 0.4) is 0 Å². The zero-order valence-electron chi connectivity index (χ0n) is 44.1. The molecule has 13 fully saturated rings. The van der Waals surface area contributed by atoms with Gasteiger partial charge in [0.1, 0.15) is 0 Å². The van der Waals surface area contributed by atoms with E-state index in [2.05, 4.69) is 68.2 Å². The first-order chi connectivity index (χ1) is 35.4. The summed E-state index contributed by atoms with van der Waals surface area (Å²) < 4.78 is 105. The number of fused-ring (bicyclic) bond motifs is 3.